The van der Waals surface area contributed by atoms with Gasteiger partial charge in [0, 0.05) is 43.7 Å². The topological polar surface area (TPSA) is 67.1 Å². The van der Waals surface area contributed by atoms with E-state index in [2.05, 4.69) is 31.3 Å². The van der Waals surface area contributed by atoms with E-state index in [1.807, 2.05) is 25.5 Å². The van der Waals surface area contributed by atoms with E-state index in [1.54, 1.807) is 6.33 Å². The molecule has 2 aromatic rings. The first kappa shape index (κ1) is 14.0. The molecule has 0 unspecified atom stereocenters. The highest BCUT2D eigenvalue weighted by Crippen LogP contribution is 2.36. The second-order valence-electron chi connectivity index (χ2n) is 5.61. The average molecular weight is 287 g/mol. The molecule has 0 bridgehead atoms. The van der Waals surface area contributed by atoms with Crippen molar-refractivity contribution in [2.24, 2.45) is 0 Å². The predicted molar refractivity (Wildman–Crippen MR) is 80.0 cm³/mol. The van der Waals surface area contributed by atoms with Crippen molar-refractivity contribution in [3.05, 3.63) is 36.3 Å². The molecule has 1 saturated carbocycles. The maximum absolute atomic E-state index is 9.42. The number of imidazole rings is 1. The van der Waals surface area contributed by atoms with Gasteiger partial charge in [-0.05, 0) is 19.8 Å². The minimum absolute atomic E-state index is 0.164. The van der Waals surface area contributed by atoms with Crippen LogP contribution in [0.4, 0.5) is 5.82 Å². The molecule has 6 heteroatoms. The molecule has 2 heterocycles. The normalized spacial score (nSPS) is 21.1. The van der Waals surface area contributed by atoms with E-state index in [-0.39, 0.29) is 6.10 Å². The van der Waals surface area contributed by atoms with Crippen molar-refractivity contribution in [2.45, 2.75) is 44.9 Å². The molecule has 0 atom stereocenters. The summed E-state index contributed by atoms with van der Waals surface area (Å²) >= 11 is 0. The summed E-state index contributed by atoms with van der Waals surface area (Å²) in [5.41, 5.74) is 1.02. The van der Waals surface area contributed by atoms with Crippen LogP contribution >= 0.6 is 0 Å². The molecule has 1 aliphatic carbocycles. The van der Waals surface area contributed by atoms with Gasteiger partial charge in [-0.25, -0.2) is 15.0 Å². The lowest BCUT2D eigenvalue weighted by atomic mass is 9.80. The Morgan fingerprint density at radius 1 is 1.33 bits per heavy atom. The van der Waals surface area contributed by atoms with Gasteiger partial charge in [0.25, 0.3) is 0 Å². The highest BCUT2D eigenvalue weighted by atomic mass is 16.3. The summed E-state index contributed by atoms with van der Waals surface area (Å²) in [6.45, 7) is 3.73. The summed E-state index contributed by atoms with van der Waals surface area (Å²) in [5, 5.41) is 9.42. The molecule has 1 aliphatic rings. The third-order valence-corrected chi connectivity index (χ3v) is 4.12. The van der Waals surface area contributed by atoms with Crippen molar-refractivity contribution in [1.29, 1.82) is 0 Å². The van der Waals surface area contributed by atoms with E-state index in [1.165, 1.54) is 0 Å². The summed E-state index contributed by atoms with van der Waals surface area (Å²) < 4.78 is 2.13. The summed E-state index contributed by atoms with van der Waals surface area (Å²) in [4.78, 5) is 15.2. The number of hydrogen-bond acceptors (Lipinski definition) is 5. The first-order chi connectivity index (χ1) is 10.2. The number of aromatic nitrogens is 4. The molecule has 3 rings (SSSR count). The van der Waals surface area contributed by atoms with Crippen LogP contribution < -0.4 is 4.90 Å². The Hall–Kier alpha value is -1.95. The molecule has 0 saturated heterocycles. The molecule has 2 aromatic heterocycles. The third-order valence-electron chi connectivity index (χ3n) is 4.12. The molecule has 0 spiro atoms. The molecule has 21 heavy (non-hydrogen) atoms. The van der Waals surface area contributed by atoms with Crippen LogP contribution in [0.3, 0.4) is 0 Å². The molecular weight excluding hydrogens is 266 g/mol. The fourth-order valence-electron chi connectivity index (χ4n) is 2.70. The number of hydrogen-bond donors (Lipinski definition) is 1. The average Bonchev–Trinajstić information content (AvgIpc) is 2.91. The first-order valence-electron chi connectivity index (χ1n) is 7.38. The predicted octanol–water partition coefficient (Wildman–Crippen LogP) is 1.57. The van der Waals surface area contributed by atoms with Gasteiger partial charge >= 0.3 is 0 Å². The largest absolute Gasteiger partial charge is 0.393 e. The maximum Gasteiger partial charge on any atom is 0.132 e. The maximum atomic E-state index is 9.42. The second kappa shape index (κ2) is 5.81. The van der Waals surface area contributed by atoms with Crippen LogP contribution in [0.15, 0.2) is 24.8 Å². The Kier molecular flexibility index (Phi) is 3.88. The molecule has 0 aromatic carbocycles. The third kappa shape index (κ3) is 2.90. The molecule has 1 N–H and O–H groups in total. The van der Waals surface area contributed by atoms with E-state index in [9.17, 15) is 5.11 Å². The minimum atomic E-state index is -0.164. The number of anilines is 1. The summed E-state index contributed by atoms with van der Waals surface area (Å²) in [7, 11) is 2.01. The highest BCUT2D eigenvalue weighted by Gasteiger charge is 2.29. The lowest BCUT2D eigenvalue weighted by Gasteiger charge is -2.31. The Labute approximate surface area is 124 Å². The standard InChI is InChI=1S/C15H21N5O/c1-3-20-5-4-16-15(20)9-19(2)14-8-13(17-10-18-14)11-6-12(21)7-11/h4-5,8,10-12,21H,3,6-7,9H2,1-2H3. The molecule has 112 valence electrons. The summed E-state index contributed by atoms with van der Waals surface area (Å²) in [6.07, 6.45) is 6.88. The Bertz CT molecular complexity index is 606. The zero-order valence-corrected chi connectivity index (χ0v) is 12.5. The van der Waals surface area contributed by atoms with Crippen LogP contribution in [0.5, 0.6) is 0 Å². The van der Waals surface area contributed by atoms with Gasteiger partial charge in [0.1, 0.15) is 18.0 Å². The van der Waals surface area contributed by atoms with Gasteiger partial charge in [0.15, 0.2) is 0 Å². The molecular formula is C15H21N5O. The minimum Gasteiger partial charge on any atom is -0.393 e. The summed E-state index contributed by atoms with van der Waals surface area (Å²) in [5.74, 6) is 2.29. The van der Waals surface area contributed by atoms with Crippen LogP contribution in [0, 0.1) is 0 Å². The molecule has 0 aliphatic heterocycles. The van der Waals surface area contributed by atoms with Crippen molar-refractivity contribution >= 4 is 5.82 Å². The molecule has 1 fully saturated rings. The Morgan fingerprint density at radius 3 is 2.86 bits per heavy atom. The molecule has 6 nitrogen and oxygen atoms in total. The zero-order chi connectivity index (χ0) is 14.8. The first-order valence-corrected chi connectivity index (χ1v) is 7.38. The van der Waals surface area contributed by atoms with Crippen LogP contribution in [0.1, 0.15) is 37.2 Å². The van der Waals surface area contributed by atoms with E-state index in [0.717, 1.165) is 36.7 Å². The fraction of sp³-hybridized carbons (Fsp3) is 0.533. The molecule has 0 amide bonds. The van der Waals surface area contributed by atoms with Crippen molar-refractivity contribution in [1.82, 2.24) is 19.5 Å². The van der Waals surface area contributed by atoms with Crippen LogP contribution in [0.2, 0.25) is 0 Å². The van der Waals surface area contributed by atoms with Crippen molar-refractivity contribution < 1.29 is 5.11 Å². The van der Waals surface area contributed by atoms with E-state index in [4.69, 9.17) is 0 Å². The second-order valence-corrected chi connectivity index (χ2v) is 5.61. The van der Waals surface area contributed by atoms with Gasteiger partial charge in [-0.2, -0.15) is 0 Å². The number of aliphatic hydroxyl groups excluding tert-OH is 1. The SMILES string of the molecule is CCn1ccnc1CN(C)c1cc(C2CC(O)C2)ncn1. The van der Waals surface area contributed by atoms with Gasteiger partial charge in [0.05, 0.1) is 12.6 Å². The highest BCUT2D eigenvalue weighted by molar-refractivity contribution is 5.39. The van der Waals surface area contributed by atoms with Crippen molar-refractivity contribution in [3.63, 3.8) is 0 Å². The zero-order valence-electron chi connectivity index (χ0n) is 12.5. The van der Waals surface area contributed by atoms with Crippen LogP contribution in [0.25, 0.3) is 0 Å². The monoisotopic (exact) mass is 287 g/mol. The Morgan fingerprint density at radius 2 is 2.14 bits per heavy atom. The number of nitrogens with zero attached hydrogens (tertiary/aromatic N) is 5. The number of aryl methyl sites for hydroxylation is 1. The van der Waals surface area contributed by atoms with Crippen molar-refractivity contribution in [2.75, 3.05) is 11.9 Å². The quantitative estimate of drug-likeness (QED) is 0.904. The van der Waals surface area contributed by atoms with Crippen LogP contribution in [-0.2, 0) is 13.1 Å². The smallest absolute Gasteiger partial charge is 0.132 e. The fourth-order valence-corrected chi connectivity index (χ4v) is 2.70. The van der Waals surface area contributed by atoms with E-state index < -0.39 is 0 Å². The van der Waals surface area contributed by atoms with Gasteiger partial charge in [-0.3, -0.25) is 0 Å². The number of aliphatic hydroxyl groups is 1. The number of rotatable bonds is 5. The van der Waals surface area contributed by atoms with Gasteiger partial charge in [-0.15, -0.1) is 0 Å². The summed E-state index contributed by atoms with van der Waals surface area (Å²) in [6, 6.07) is 2.02. The van der Waals surface area contributed by atoms with Crippen molar-refractivity contribution in [3.8, 4) is 0 Å². The van der Waals surface area contributed by atoms with Gasteiger partial charge < -0.3 is 14.6 Å². The van der Waals surface area contributed by atoms with E-state index >= 15 is 0 Å². The van der Waals surface area contributed by atoms with Gasteiger partial charge in [-0.1, -0.05) is 0 Å². The van der Waals surface area contributed by atoms with Crippen LogP contribution in [-0.4, -0.2) is 37.8 Å². The molecule has 0 radical (unpaired) electrons. The van der Waals surface area contributed by atoms with Gasteiger partial charge in [0.2, 0.25) is 0 Å². The van der Waals surface area contributed by atoms with E-state index in [0.29, 0.717) is 12.5 Å². The lowest BCUT2D eigenvalue weighted by molar-refractivity contribution is 0.0732. The lowest BCUT2D eigenvalue weighted by Crippen LogP contribution is -2.27. The Balaban J connectivity index is 1.72.